The number of aliphatic carboxylic acids is 1. The van der Waals surface area contributed by atoms with Crippen molar-refractivity contribution in [3.05, 3.63) is 22.7 Å². The molecule has 8 unspecified atom stereocenters. The average Bonchev–Trinajstić information content (AvgIpc) is 3.06. The van der Waals surface area contributed by atoms with Gasteiger partial charge in [-0.25, -0.2) is 18.7 Å². The second-order valence-electron chi connectivity index (χ2n) is 9.83. The number of carbonyl (C=O) groups is 1. The van der Waals surface area contributed by atoms with Crippen LogP contribution in [-0.4, -0.2) is 112 Å². The Morgan fingerprint density at radius 2 is 2.03 bits per heavy atom. The zero-order valence-electron chi connectivity index (χ0n) is 21.1. The smallest absolute Gasteiger partial charge is 0.475 e. The van der Waals surface area contributed by atoms with Crippen molar-refractivity contribution in [2.24, 2.45) is 0 Å². The van der Waals surface area contributed by atoms with E-state index in [4.69, 9.17) is 24.3 Å². The van der Waals surface area contributed by atoms with Gasteiger partial charge in [-0.05, 0) is 26.8 Å². The average molecular weight is 584 g/mol. The lowest BCUT2D eigenvalue weighted by molar-refractivity contribution is -0.295. The number of phosphoric ester groups is 1. The van der Waals surface area contributed by atoms with Crippen LogP contribution in [0.3, 0.4) is 0 Å². The van der Waals surface area contributed by atoms with Crippen LogP contribution in [0.25, 0.3) is 0 Å². The van der Waals surface area contributed by atoms with Gasteiger partial charge in [-0.3, -0.25) is 14.4 Å². The van der Waals surface area contributed by atoms with Crippen LogP contribution in [0.4, 0.5) is 5.82 Å². The molecule has 0 aromatic carbocycles. The maximum absolute atomic E-state index is 12.8. The first-order valence-corrected chi connectivity index (χ1v) is 13.2. The Morgan fingerprint density at radius 3 is 2.56 bits per heavy atom. The molecule has 18 nitrogen and oxygen atoms in total. The number of carboxylic acid groups (broad SMARTS) is 1. The molecule has 0 amide bonds. The molecule has 0 radical (unpaired) electrons. The van der Waals surface area contributed by atoms with Crippen LogP contribution in [0.1, 0.15) is 33.4 Å². The van der Waals surface area contributed by atoms with Gasteiger partial charge in [-0.15, -0.1) is 0 Å². The molecule has 1 aromatic rings. The molecule has 2 aliphatic heterocycles. The first-order chi connectivity index (χ1) is 17.9. The third-order valence-electron chi connectivity index (χ3n) is 6.12. The highest BCUT2D eigenvalue weighted by molar-refractivity contribution is 7.47. The van der Waals surface area contributed by atoms with Gasteiger partial charge < -0.3 is 50.7 Å². The number of ether oxygens (including phenoxy) is 2. The molecule has 0 bridgehead atoms. The highest BCUT2D eigenvalue weighted by Crippen LogP contribution is 2.51. The van der Waals surface area contributed by atoms with Gasteiger partial charge in [0.2, 0.25) is 0 Å². The number of hydrogen-bond acceptors (Lipinski definition) is 15. The number of nitrogen functional groups attached to an aromatic ring is 1. The van der Waals surface area contributed by atoms with Crippen LogP contribution >= 0.6 is 7.82 Å². The van der Waals surface area contributed by atoms with E-state index >= 15 is 0 Å². The van der Waals surface area contributed by atoms with Crippen LogP contribution < -0.4 is 16.7 Å². The molecule has 3 heterocycles. The zero-order chi connectivity index (χ0) is 29.5. The summed E-state index contributed by atoms with van der Waals surface area (Å²) in [7, 11) is -5.38. The second kappa shape index (κ2) is 11.4. The minimum atomic E-state index is -5.38. The van der Waals surface area contributed by atoms with Crippen molar-refractivity contribution >= 4 is 19.6 Å². The third-order valence-corrected chi connectivity index (χ3v) is 7.12. The number of carboxylic acids is 1. The second-order valence-corrected chi connectivity index (χ2v) is 11.2. The molecule has 0 saturated carbocycles. The first-order valence-electron chi connectivity index (χ1n) is 11.7. The third kappa shape index (κ3) is 6.99. The van der Waals surface area contributed by atoms with Crippen molar-refractivity contribution in [1.82, 2.24) is 14.9 Å². The molecule has 1 aromatic heterocycles. The van der Waals surface area contributed by atoms with E-state index in [1.54, 1.807) is 0 Å². The molecule has 0 aliphatic carbocycles. The SMILES string of the molecule is CC(O)NC1C(O)CC(OP(=O)(O)OCC2OC(n3ccc(N)nc3=O)[C@H](O)[C@@H]2O)(C(=O)O)OC1C(C)(C)O. The fourth-order valence-corrected chi connectivity index (χ4v) is 5.28. The van der Waals surface area contributed by atoms with Gasteiger partial charge in [0.1, 0.15) is 36.5 Å². The van der Waals surface area contributed by atoms with Gasteiger partial charge >= 0.3 is 19.5 Å². The van der Waals surface area contributed by atoms with E-state index in [9.17, 15) is 49.7 Å². The minimum absolute atomic E-state index is 0.107. The van der Waals surface area contributed by atoms with E-state index < -0.39 is 92.9 Å². The van der Waals surface area contributed by atoms with Crippen molar-refractivity contribution in [1.29, 1.82) is 0 Å². The molecular formula is C20H33N4O14P. The lowest BCUT2D eigenvalue weighted by atomic mass is 9.85. The van der Waals surface area contributed by atoms with E-state index in [1.165, 1.54) is 26.8 Å². The molecule has 19 heteroatoms. The maximum Gasteiger partial charge on any atom is 0.475 e. The van der Waals surface area contributed by atoms with Gasteiger partial charge in [0.05, 0.1) is 24.4 Å². The zero-order valence-corrected chi connectivity index (χ0v) is 22.0. The van der Waals surface area contributed by atoms with E-state index in [0.29, 0.717) is 0 Å². The van der Waals surface area contributed by atoms with Crippen molar-refractivity contribution in [3.63, 3.8) is 0 Å². The summed E-state index contributed by atoms with van der Waals surface area (Å²) in [5, 5.41) is 63.8. The number of phosphoric acid groups is 1. The summed E-state index contributed by atoms with van der Waals surface area (Å²) in [6, 6.07) is 0.0158. The summed E-state index contributed by atoms with van der Waals surface area (Å²) in [6.45, 7) is 2.81. The molecule has 10 N–H and O–H groups in total. The quantitative estimate of drug-likeness (QED) is 0.0955. The Hall–Kier alpha value is -2.06. The van der Waals surface area contributed by atoms with Gasteiger partial charge in [0, 0.05) is 12.6 Å². The maximum atomic E-state index is 12.8. The van der Waals surface area contributed by atoms with E-state index in [1.807, 2.05) is 0 Å². The van der Waals surface area contributed by atoms with Crippen molar-refractivity contribution in [3.8, 4) is 0 Å². The summed E-state index contributed by atoms with van der Waals surface area (Å²) >= 11 is 0. The van der Waals surface area contributed by atoms with Crippen molar-refractivity contribution < 1.29 is 63.4 Å². The lowest BCUT2D eigenvalue weighted by Crippen LogP contribution is -2.68. The minimum Gasteiger partial charge on any atom is -0.477 e. The summed E-state index contributed by atoms with van der Waals surface area (Å²) in [4.78, 5) is 38.0. The molecule has 2 fully saturated rings. The molecule has 39 heavy (non-hydrogen) atoms. The molecule has 2 saturated heterocycles. The van der Waals surface area contributed by atoms with Gasteiger partial charge in [0.25, 0.3) is 5.79 Å². The van der Waals surface area contributed by atoms with Crippen LogP contribution in [0.5, 0.6) is 0 Å². The van der Waals surface area contributed by atoms with Crippen LogP contribution in [0, 0.1) is 0 Å². The van der Waals surface area contributed by atoms with Crippen LogP contribution in [-0.2, 0) is 27.9 Å². The number of nitrogens with one attached hydrogen (secondary N) is 1. The van der Waals surface area contributed by atoms with E-state index in [0.717, 1.165) is 10.8 Å². The highest BCUT2D eigenvalue weighted by Gasteiger charge is 2.59. The highest BCUT2D eigenvalue weighted by atomic mass is 31.2. The predicted molar refractivity (Wildman–Crippen MR) is 126 cm³/mol. The number of hydrogen-bond donors (Lipinski definition) is 9. The Kier molecular flexibility index (Phi) is 9.23. The fraction of sp³-hybridized carbons (Fsp3) is 0.750. The molecule has 10 atom stereocenters. The van der Waals surface area contributed by atoms with Crippen LogP contribution in [0.15, 0.2) is 17.1 Å². The summed E-state index contributed by atoms with van der Waals surface area (Å²) < 4.78 is 34.1. The van der Waals surface area contributed by atoms with Crippen LogP contribution in [0.2, 0.25) is 0 Å². The van der Waals surface area contributed by atoms with Gasteiger partial charge in [0.15, 0.2) is 6.23 Å². The normalized spacial score (nSPS) is 35.9. The summed E-state index contributed by atoms with van der Waals surface area (Å²) in [5.41, 5.74) is 2.66. The van der Waals surface area contributed by atoms with Gasteiger partial charge in [-0.1, -0.05) is 0 Å². The molecule has 222 valence electrons. The molecule has 0 spiro atoms. The molecular weight excluding hydrogens is 551 g/mol. The molecule has 3 rings (SSSR count). The van der Waals surface area contributed by atoms with Crippen molar-refractivity contribution in [2.45, 2.75) is 87.6 Å². The number of aliphatic hydroxyl groups is 5. The number of nitrogens with zero attached hydrogens (tertiary/aromatic N) is 2. The van der Waals surface area contributed by atoms with Crippen molar-refractivity contribution in [2.75, 3.05) is 12.3 Å². The fourth-order valence-electron chi connectivity index (χ4n) is 4.32. The number of aromatic nitrogens is 2. The summed E-state index contributed by atoms with van der Waals surface area (Å²) in [6.07, 6.45) is -10.6. The number of rotatable bonds is 10. The Morgan fingerprint density at radius 1 is 1.38 bits per heavy atom. The van der Waals surface area contributed by atoms with E-state index in [2.05, 4.69) is 10.3 Å². The monoisotopic (exact) mass is 584 g/mol. The Labute approximate surface area is 221 Å². The topological polar surface area (TPSA) is 286 Å². The van der Waals surface area contributed by atoms with E-state index in [-0.39, 0.29) is 5.82 Å². The standard InChI is InChI=1S/C20H33N4O14P/c1-8(25)22-12-9(26)6-20(17(29)30,37-15(12)19(2,3)32)38-39(33,34)35-7-10-13(27)14(28)16(36-10)24-5-4-11(21)23-18(24)31/h4-5,8-10,12-16,22,25-28,32H,6-7H2,1-3H3,(H,29,30)(H,33,34)(H2,21,23,31)/t8?,9?,10?,12?,13-,14-,15?,16?,20?/m1/s1. The molecule has 2 aliphatic rings. The number of nitrogens with two attached hydrogens (primary N) is 1. The summed E-state index contributed by atoms with van der Waals surface area (Å²) in [5.74, 6) is -5.04. The number of anilines is 1. The lowest BCUT2D eigenvalue weighted by Gasteiger charge is -2.48. The number of aliphatic hydroxyl groups excluding tert-OH is 4. The Balaban J connectivity index is 1.76. The Bertz CT molecular complexity index is 1140. The first kappa shape index (κ1) is 31.5. The largest absolute Gasteiger partial charge is 0.477 e. The predicted octanol–water partition coefficient (Wildman–Crippen LogP) is -3.42. The van der Waals surface area contributed by atoms with Gasteiger partial charge in [-0.2, -0.15) is 4.98 Å².